The summed E-state index contributed by atoms with van der Waals surface area (Å²) in [5.74, 6) is 0. The monoisotopic (exact) mass is 411 g/mol. The first kappa shape index (κ1) is 19.6. The molecular weight excluding hydrogens is 395 g/mol. The highest BCUT2D eigenvalue weighted by atomic mass is 19.4. The van der Waals surface area contributed by atoms with Gasteiger partial charge in [-0.05, 0) is 42.0 Å². The maximum Gasteiger partial charge on any atom is 0.416 e. The molecule has 0 atom stereocenters. The van der Waals surface area contributed by atoms with Crippen molar-refractivity contribution >= 4 is 0 Å². The summed E-state index contributed by atoms with van der Waals surface area (Å²) in [7, 11) is 0. The van der Waals surface area contributed by atoms with Crippen LogP contribution in [0.4, 0.5) is 13.2 Å². The third-order valence-corrected chi connectivity index (χ3v) is 4.52. The SMILES string of the molecule is NCc1cccc(-n2nccc2-c2nn(-c3cccc(C(F)(F)F)c3)ccc2=O)c1. The van der Waals surface area contributed by atoms with Crippen LogP contribution < -0.4 is 11.2 Å². The third-order valence-electron chi connectivity index (χ3n) is 4.52. The van der Waals surface area contributed by atoms with Crippen LogP contribution in [0.2, 0.25) is 0 Å². The minimum atomic E-state index is -4.48. The second-order valence-electron chi connectivity index (χ2n) is 6.52. The molecular formula is C21H16F3N5O. The van der Waals surface area contributed by atoms with Gasteiger partial charge in [-0.15, -0.1) is 0 Å². The van der Waals surface area contributed by atoms with Crippen molar-refractivity contribution in [3.63, 3.8) is 0 Å². The van der Waals surface area contributed by atoms with Gasteiger partial charge < -0.3 is 5.73 Å². The Kier molecular flexibility index (Phi) is 4.96. The van der Waals surface area contributed by atoms with Crippen molar-refractivity contribution in [2.45, 2.75) is 12.7 Å². The first-order valence-electron chi connectivity index (χ1n) is 8.98. The van der Waals surface area contributed by atoms with Crippen LogP contribution in [0.5, 0.6) is 0 Å². The third kappa shape index (κ3) is 3.74. The lowest BCUT2D eigenvalue weighted by molar-refractivity contribution is -0.137. The average molecular weight is 411 g/mol. The summed E-state index contributed by atoms with van der Waals surface area (Å²) >= 11 is 0. The zero-order valence-electron chi connectivity index (χ0n) is 15.5. The van der Waals surface area contributed by atoms with Crippen LogP contribution in [0.25, 0.3) is 22.8 Å². The van der Waals surface area contributed by atoms with Gasteiger partial charge in [0.05, 0.1) is 28.8 Å². The van der Waals surface area contributed by atoms with E-state index in [0.717, 1.165) is 17.7 Å². The van der Waals surface area contributed by atoms with E-state index in [1.54, 1.807) is 10.7 Å². The molecule has 0 saturated heterocycles. The Morgan fingerprint density at radius 3 is 2.50 bits per heavy atom. The van der Waals surface area contributed by atoms with Crippen LogP contribution in [0.3, 0.4) is 0 Å². The van der Waals surface area contributed by atoms with E-state index in [0.29, 0.717) is 17.9 Å². The van der Waals surface area contributed by atoms with Gasteiger partial charge in [0.2, 0.25) is 5.43 Å². The van der Waals surface area contributed by atoms with Crippen molar-refractivity contribution in [1.29, 1.82) is 0 Å². The molecule has 2 aromatic heterocycles. The number of hydrogen-bond donors (Lipinski definition) is 1. The minimum Gasteiger partial charge on any atom is -0.326 e. The van der Waals surface area contributed by atoms with E-state index >= 15 is 0 Å². The zero-order valence-corrected chi connectivity index (χ0v) is 15.5. The molecule has 0 unspecified atom stereocenters. The summed E-state index contributed by atoms with van der Waals surface area (Å²) < 4.78 is 41.9. The van der Waals surface area contributed by atoms with Crippen LogP contribution in [0.15, 0.2) is 77.9 Å². The van der Waals surface area contributed by atoms with Crippen molar-refractivity contribution in [2.75, 3.05) is 0 Å². The van der Waals surface area contributed by atoms with Gasteiger partial charge in [-0.2, -0.15) is 23.4 Å². The molecule has 2 heterocycles. The number of aromatic nitrogens is 4. The number of alkyl halides is 3. The molecule has 30 heavy (non-hydrogen) atoms. The summed E-state index contributed by atoms with van der Waals surface area (Å²) in [6.45, 7) is 0.344. The smallest absolute Gasteiger partial charge is 0.326 e. The highest BCUT2D eigenvalue weighted by Gasteiger charge is 2.30. The maximum atomic E-state index is 13.1. The zero-order chi connectivity index (χ0) is 21.3. The standard InChI is InChI=1S/C21H16F3N5O/c22-21(23,24)15-4-2-5-16(12-15)28-10-8-19(30)20(27-28)18-7-9-26-29(18)17-6-1-3-14(11-17)13-25/h1-12H,13,25H2. The van der Waals surface area contributed by atoms with Crippen molar-refractivity contribution in [2.24, 2.45) is 5.73 Å². The largest absolute Gasteiger partial charge is 0.416 e. The molecule has 4 rings (SSSR count). The Bertz CT molecular complexity index is 1260. The number of nitrogens with zero attached hydrogens (tertiary/aromatic N) is 4. The summed E-state index contributed by atoms with van der Waals surface area (Å²) in [6.07, 6.45) is -1.63. The molecule has 2 N–H and O–H groups in total. The lowest BCUT2D eigenvalue weighted by Crippen LogP contribution is -2.15. The Morgan fingerprint density at radius 1 is 0.967 bits per heavy atom. The Morgan fingerprint density at radius 2 is 1.73 bits per heavy atom. The van der Waals surface area contributed by atoms with Gasteiger partial charge in [0.1, 0.15) is 0 Å². The van der Waals surface area contributed by atoms with Gasteiger partial charge >= 0.3 is 6.18 Å². The van der Waals surface area contributed by atoms with Crippen molar-refractivity contribution in [3.8, 4) is 22.8 Å². The molecule has 0 radical (unpaired) electrons. The molecule has 0 aliphatic heterocycles. The van der Waals surface area contributed by atoms with Gasteiger partial charge in [-0.25, -0.2) is 9.36 Å². The van der Waals surface area contributed by atoms with E-state index in [1.807, 2.05) is 24.3 Å². The predicted molar refractivity (Wildman–Crippen MR) is 105 cm³/mol. The highest BCUT2D eigenvalue weighted by Crippen LogP contribution is 2.30. The molecule has 152 valence electrons. The van der Waals surface area contributed by atoms with Gasteiger partial charge in [0.15, 0.2) is 5.69 Å². The van der Waals surface area contributed by atoms with E-state index < -0.39 is 11.7 Å². The van der Waals surface area contributed by atoms with Gasteiger partial charge in [-0.1, -0.05) is 18.2 Å². The molecule has 0 spiro atoms. The fourth-order valence-corrected chi connectivity index (χ4v) is 3.06. The molecule has 0 amide bonds. The molecule has 4 aromatic rings. The minimum absolute atomic E-state index is 0.0607. The molecule has 0 saturated carbocycles. The number of nitrogens with two attached hydrogens (primary N) is 1. The van der Waals surface area contributed by atoms with E-state index in [1.165, 1.54) is 35.3 Å². The fourth-order valence-electron chi connectivity index (χ4n) is 3.06. The Balaban J connectivity index is 1.82. The van der Waals surface area contributed by atoms with Crippen LogP contribution in [-0.2, 0) is 12.7 Å². The van der Waals surface area contributed by atoms with Crippen molar-refractivity contribution in [3.05, 3.63) is 94.4 Å². The molecule has 9 heteroatoms. The van der Waals surface area contributed by atoms with Gasteiger partial charge in [0.25, 0.3) is 0 Å². The van der Waals surface area contributed by atoms with Crippen LogP contribution in [0.1, 0.15) is 11.1 Å². The summed E-state index contributed by atoms with van der Waals surface area (Å²) in [5.41, 5.74) is 6.75. The number of hydrogen-bond acceptors (Lipinski definition) is 4. The molecule has 2 aromatic carbocycles. The molecule has 0 bridgehead atoms. The molecule has 0 aliphatic rings. The number of benzene rings is 2. The fraction of sp³-hybridized carbons (Fsp3) is 0.0952. The molecule has 0 aliphatic carbocycles. The number of rotatable bonds is 4. The van der Waals surface area contributed by atoms with E-state index in [9.17, 15) is 18.0 Å². The molecule has 6 nitrogen and oxygen atoms in total. The second kappa shape index (κ2) is 7.60. The van der Waals surface area contributed by atoms with Crippen LogP contribution in [-0.4, -0.2) is 19.6 Å². The lowest BCUT2D eigenvalue weighted by Gasteiger charge is -2.12. The normalized spacial score (nSPS) is 11.6. The van der Waals surface area contributed by atoms with Crippen molar-refractivity contribution < 1.29 is 13.2 Å². The second-order valence-corrected chi connectivity index (χ2v) is 6.52. The summed E-state index contributed by atoms with van der Waals surface area (Å²) in [5, 5.41) is 8.56. The van der Waals surface area contributed by atoms with Crippen LogP contribution in [0, 0.1) is 0 Å². The topological polar surface area (TPSA) is 78.7 Å². The first-order valence-corrected chi connectivity index (χ1v) is 8.98. The van der Waals surface area contributed by atoms with E-state index in [-0.39, 0.29) is 16.8 Å². The highest BCUT2D eigenvalue weighted by molar-refractivity contribution is 5.57. The summed E-state index contributed by atoms with van der Waals surface area (Å²) in [6, 6.07) is 14.9. The quantitative estimate of drug-likeness (QED) is 0.557. The Hall–Kier alpha value is -3.72. The lowest BCUT2D eigenvalue weighted by atomic mass is 10.2. The molecule has 0 fully saturated rings. The van der Waals surface area contributed by atoms with Crippen LogP contribution >= 0.6 is 0 Å². The van der Waals surface area contributed by atoms with Gasteiger partial charge in [0, 0.05) is 18.8 Å². The van der Waals surface area contributed by atoms with Gasteiger partial charge in [-0.3, -0.25) is 4.79 Å². The number of halogens is 3. The maximum absolute atomic E-state index is 13.1. The predicted octanol–water partition coefficient (Wildman–Crippen LogP) is 3.56. The Labute approximate surface area is 169 Å². The van der Waals surface area contributed by atoms with Crippen molar-refractivity contribution in [1.82, 2.24) is 19.6 Å². The first-order chi connectivity index (χ1) is 14.4. The van der Waals surface area contributed by atoms with E-state index in [4.69, 9.17) is 5.73 Å². The van der Waals surface area contributed by atoms with E-state index in [2.05, 4.69) is 10.2 Å². The average Bonchev–Trinajstić information content (AvgIpc) is 3.23. The summed E-state index contributed by atoms with van der Waals surface area (Å²) in [4.78, 5) is 12.5.